The first-order valence-corrected chi connectivity index (χ1v) is 8.65. The number of rotatable bonds is 5. The van der Waals surface area contributed by atoms with Crippen molar-refractivity contribution in [3.8, 4) is 0 Å². The zero-order valence-electron chi connectivity index (χ0n) is 14.2. The van der Waals surface area contributed by atoms with Crippen LogP contribution in [-0.4, -0.2) is 24.5 Å². The van der Waals surface area contributed by atoms with Crippen molar-refractivity contribution in [1.29, 1.82) is 0 Å². The molecule has 0 bridgehead atoms. The van der Waals surface area contributed by atoms with Gasteiger partial charge in [-0.2, -0.15) is 0 Å². The lowest BCUT2D eigenvalue weighted by Gasteiger charge is -2.12. The van der Waals surface area contributed by atoms with Crippen LogP contribution in [0.5, 0.6) is 0 Å². The lowest BCUT2D eigenvalue weighted by atomic mass is 10.1. The Bertz CT molecular complexity index is 871. The van der Waals surface area contributed by atoms with Crippen molar-refractivity contribution >= 4 is 28.3 Å². The summed E-state index contributed by atoms with van der Waals surface area (Å²) in [6.45, 7) is 1.40. The van der Waals surface area contributed by atoms with Crippen molar-refractivity contribution in [2.24, 2.45) is 4.99 Å². The van der Waals surface area contributed by atoms with Crippen LogP contribution in [0.25, 0.3) is 10.8 Å². The summed E-state index contributed by atoms with van der Waals surface area (Å²) in [5, 5.41) is 9.77. The molecule has 0 aliphatic rings. The molecular formula is C20H21ClN4. The Morgan fingerprint density at radius 3 is 2.80 bits per heavy atom. The molecule has 5 heteroatoms. The molecule has 3 rings (SSSR count). The number of nitrogens with zero attached hydrogens (tertiary/aromatic N) is 2. The van der Waals surface area contributed by atoms with Crippen molar-refractivity contribution in [3.63, 3.8) is 0 Å². The predicted octanol–water partition coefficient (Wildman–Crippen LogP) is 3.80. The zero-order valence-corrected chi connectivity index (χ0v) is 14.9. The summed E-state index contributed by atoms with van der Waals surface area (Å²) in [5.74, 6) is 0.761. The third kappa shape index (κ3) is 4.70. The van der Waals surface area contributed by atoms with Crippen LogP contribution in [0.1, 0.15) is 11.3 Å². The Hall–Kier alpha value is -2.59. The molecule has 128 valence electrons. The second-order valence-corrected chi connectivity index (χ2v) is 6.15. The normalized spacial score (nSPS) is 11.5. The van der Waals surface area contributed by atoms with Crippen molar-refractivity contribution in [2.75, 3.05) is 13.6 Å². The number of aromatic nitrogens is 1. The number of hydrogen-bond acceptors (Lipinski definition) is 2. The van der Waals surface area contributed by atoms with Crippen LogP contribution in [0.2, 0.25) is 5.02 Å². The first-order chi connectivity index (χ1) is 12.3. The monoisotopic (exact) mass is 352 g/mol. The van der Waals surface area contributed by atoms with Crippen LogP contribution >= 0.6 is 11.6 Å². The summed E-state index contributed by atoms with van der Waals surface area (Å²) in [7, 11) is 1.77. The number of fused-ring (bicyclic) bond motifs is 1. The molecule has 0 saturated carbocycles. The zero-order chi connectivity index (χ0) is 17.5. The van der Waals surface area contributed by atoms with Gasteiger partial charge < -0.3 is 10.6 Å². The quantitative estimate of drug-likeness (QED) is 0.542. The van der Waals surface area contributed by atoms with Crippen LogP contribution in [0.3, 0.4) is 0 Å². The van der Waals surface area contributed by atoms with Gasteiger partial charge in [-0.15, -0.1) is 0 Å². The largest absolute Gasteiger partial charge is 0.356 e. The Kier molecular flexibility index (Phi) is 5.86. The number of halogens is 1. The highest BCUT2D eigenvalue weighted by Crippen LogP contribution is 2.16. The minimum absolute atomic E-state index is 0.623. The van der Waals surface area contributed by atoms with E-state index in [9.17, 15) is 0 Å². The molecular weight excluding hydrogens is 332 g/mol. The second kappa shape index (κ2) is 8.49. The topological polar surface area (TPSA) is 49.3 Å². The van der Waals surface area contributed by atoms with Gasteiger partial charge in [0.05, 0.1) is 12.2 Å². The minimum atomic E-state index is 0.623. The average molecular weight is 353 g/mol. The maximum atomic E-state index is 6.02. The third-order valence-corrected chi connectivity index (χ3v) is 4.23. The summed E-state index contributed by atoms with van der Waals surface area (Å²) in [5.41, 5.74) is 2.21. The van der Waals surface area contributed by atoms with E-state index in [4.69, 9.17) is 11.6 Å². The molecule has 3 aromatic rings. The molecule has 2 N–H and O–H groups in total. The number of aliphatic imine (C=N–C) groups is 1. The Labute approximate surface area is 153 Å². The van der Waals surface area contributed by atoms with E-state index in [-0.39, 0.29) is 0 Å². The van der Waals surface area contributed by atoms with Crippen LogP contribution in [0.4, 0.5) is 0 Å². The van der Waals surface area contributed by atoms with Gasteiger partial charge in [0.2, 0.25) is 0 Å². The molecule has 1 heterocycles. The van der Waals surface area contributed by atoms with Crippen LogP contribution in [-0.2, 0) is 13.0 Å². The summed E-state index contributed by atoms with van der Waals surface area (Å²) in [6, 6.07) is 18.2. The molecule has 0 fully saturated rings. The molecule has 0 saturated heterocycles. The van der Waals surface area contributed by atoms with E-state index in [0.717, 1.165) is 35.0 Å². The van der Waals surface area contributed by atoms with E-state index in [1.54, 1.807) is 7.05 Å². The molecule has 2 aromatic carbocycles. The smallest absolute Gasteiger partial charge is 0.191 e. The van der Waals surface area contributed by atoms with Crippen molar-refractivity contribution in [2.45, 2.75) is 13.0 Å². The summed E-state index contributed by atoms with van der Waals surface area (Å²) in [6.07, 6.45) is 2.72. The van der Waals surface area contributed by atoms with Crippen molar-refractivity contribution in [3.05, 3.63) is 77.1 Å². The minimum Gasteiger partial charge on any atom is -0.356 e. The lowest BCUT2D eigenvalue weighted by molar-refractivity contribution is 0.787. The van der Waals surface area contributed by atoms with Crippen molar-refractivity contribution < 1.29 is 0 Å². The van der Waals surface area contributed by atoms with Crippen molar-refractivity contribution in [1.82, 2.24) is 15.6 Å². The summed E-state index contributed by atoms with van der Waals surface area (Å²) in [4.78, 5) is 8.76. The van der Waals surface area contributed by atoms with Gasteiger partial charge in [-0.1, -0.05) is 48.0 Å². The molecule has 0 aliphatic heterocycles. The Morgan fingerprint density at radius 2 is 1.96 bits per heavy atom. The fourth-order valence-electron chi connectivity index (χ4n) is 2.73. The molecule has 4 nitrogen and oxygen atoms in total. The number of pyridine rings is 1. The van der Waals surface area contributed by atoms with E-state index in [1.807, 2.05) is 42.6 Å². The lowest BCUT2D eigenvalue weighted by Crippen LogP contribution is -2.38. The Balaban J connectivity index is 1.55. The summed E-state index contributed by atoms with van der Waals surface area (Å²) >= 11 is 6.02. The third-order valence-electron chi connectivity index (χ3n) is 4.00. The van der Waals surface area contributed by atoms with E-state index in [0.29, 0.717) is 6.54 Å². The van der Waals surface area contributed by atoms with E-state index in [1.165, 1.54) is 10.9 Å². The van der Waals surface area contributed by atoms with Crippen LogP contribution in [0.15, 0.2) is 65.8 Å². The SMILES string of the molecule is CN=C(NCCc1cccc(Cl)c1)NCc1nccc2ccccc12. The Morgan fingerprint density at radius 1 is 1.08 bits per heavy atom. The second-order valence-electron chi connectivity index (χ2n) is 5.71. The first-order valence-electron chi connectivity index (χ1n) is 8.28. The molecule has 25 heavy (non-hydrogen) atoms. The highest BCUT2D eigenvalue weighted by molar-refractivity contribution is 6.30. The number of hydrogen-bond donors (Lipinski definition) is 2. The van der Waals surface area contributed by atoms with Gasteiger partial charge in [0, 0.05) is 30.2 Å². The fraction of sp³-hybridized carbons (Fsp3) is 0.200. The average Bonchev–Trinajstić information content (AvgIpc) is 2.64. The van der Waals surface area contributed by atoms with E-state index in [2.05, 4.69) is 38.8 Å². The van der Waals surface area contributed by atoms with Gasteiger partial charge in [0.25, 0.3) is 0 Å². The van der Waals surface area contributed by atoms with E-state index < -0.39 is 0 Å². The first kappa shape index (κ1) is 17.2. The number of guanidine groups is 1. The number of benzene rings is 2. The maximum Gasteiger partial charge on any atom is 0.191 e. The highest BCUT2D eigenvalue weighted by Gasteiger charge is 2.04. The predicted molar refractivity (Wildman–Crippen MR) is 105 cm³/mol. The van der Waals surface area contributed by atoms with Crippen LogP contribution < -0.4 is 10.6 Å². The maximum absolute atomic E-state index is 6.02. The highest BCUT2D eigenvalue weighted by atomic mass is 35.5. The molecule has 0 atom stereocenters. The fourth-order valence-corrected chi connectivity index (χ4v) is 2.94. The van der Waals surface area contributed by atoms with Crippen LogP contribution in [0, 0.1) is 0 Å². The molecule has 0 radical (unpaired) electrons. The van der Waals surface area contributed by atoms with Gasteiger partial charge in [0.15, 0.2) is 5.96 Å². The molecule has 1 aromatic heterocycles. The molecule has 0 amide bonds. The molecule has 0 aliphatic carbocycles. The van der Waals surface area contributed by atoms with E-state index >= 15 is 0 Å². The van der Waals surface area contributed by atoms with Gasteiger partial charge in [-0.25, -0.2) is 0 Å². The molecule has 0 unspecified atom stereocenters. The standard InChI is InChI=1S/C20H21ClN4/c1-22-20(24-11-9-15-5-4-7-17(21)13-15)25-14-19-18-8-3-2-6-16(18)10-12-23-19/h2-8,10,12-13H,9,11,14H2,1H3,(H2,22,24,25). The van der Waals surface area contributed by atoms with Gasteiger partial charge in [0.1, 0.15) is 0 Å². The number of nitrogens with one attached hydrogen (secondary N) is 2. The summed E-state index contributed by atoms with van der Waals surface area (Å²) < 4.78 is 0. The van der Waals surface area contributed by atoms with Gasteiger partial charge in [-0.3, -0.25) is 9.98 Å². The molecule has 0 spiro atoms. The van der Waals surface area contributed by atoms with Gasteiger partial charge >= 0.3 is 0 Å². The van der Waals surface area contributed by atoms with Gasteiger partial charge in [-0.05, 0) is 35.6 Å².